The van der Waals surface area contributed by atoms with Crippen molar-refractivity contribution in [2.24, 2.45) is 5.14 Å². The molecule has 0 saturated heterocycles. The number of nitrogens with two attached hydrogens (primary N) is 1. The maximum absolute atomic E-state index is 11.1. The number of aryl methyl sites for hydroxylation is 1. The molecule has 100 valence electrons. The Bertz CT molecular complexity index is 701. The minimum atomic E-state index is -3.67. The van der Waals surface area contributed by atoms with E-state index in [9.17, 15) is 8.42 Å². The van der Waals surface area contributed by atoms with Crippen LogP contribution in [0.25, 0.3) is 0 Å². The molecule has 1 heterocycles. The molecule has 0 aliphatic carbocycles. The van der Waals surface area contributed by atoms with Crippen molar-refractivity contribution in [1.29, 1.82) is 0 Å². The van der Waals surface area contributed by atoms with Crippen LogP contribution in [-0.4, -0.2) is 18.4 Å². The summed E-state index contributed by atoms with van der Waals surface area (Å²) in [6.07, 6.45) is 1.64. The maximum Gasteiger partial charge on any atom is 0.238 e. The van der Waals surface area contributed by atoms with Crippen LogP contribution < -0.4 is 10.5 Å². The molecule has 8 heteroatoms. The highest BCUT2D eigenvalue weighted by Crippen LogP contribution is 2.18. The largest absolute Gasteiger partial charge is 0.324 e. The Balaban J connectivity index is 2.22. The fourth-order valence-electron chi connectivity index (χ4n) is 1.37. The van der Waals surface area contributed by atoms with Crippen LogP contribution >= 0.6 is 15.9 Å². The average Bonchev–Trinajstić information content (AvgIpc) is 2.33. The Labute approximate surface area is 119 Å². The van der Waals surface area contributed by atoms with E-state index in [0.29, 0.717) is 11.6 Å². The lowest BCUT2D eigenvalue weighted by Crippen LogP contribution is -2.11. The number of benzene rings is 1. The zero-order valence-corrected chi connectivity index (χ0v) is 12.4. The number of hydrogen-bond donors (Lipinski definition) is 2. The summed E-state index contributed by atoms with van der Waals surface area (Å²) >= 11 is 3.31. The van der Waals surface area contributed by atoms with Gasteiger partial charge in [0.2, 0.25) is 16.0 Å². The van der Waals surface area contributed by atoms with Crippen molar-refractivity contribution in [3.8, 4) is 0 Å². The molecule has 2 rings (SSSR count). The summed E-state index contributed by atoms with van der Waals surface area (Å²) in [5, 5.41) is 7.99. The van der Waals surface area contributed by atoms with E-state index in [1.807, 2.05) is 6.92 Å². The number of nitrogens with one attached hydrogen (secondary N) is 1. The smallest absolute Gasteiger partial charge is 0.238 e. The summed E-state index contributed by atoms with van der Waals surface area (Å²) in [6, 6.07) is 6.04. The van der Waals surface area contributed by atoms with Gasteiger partial charge in [0.15, 0.2) is 0 Å². The molecule has 0 fully saturated rings. The van der Waals surface area contributed by atoms with Gasteiger partial charge in [-0.3, -0.25) is 0 Å². The molecule has 0 spiro atoms. The molecule has 0 unspecified atom stereocenters. The lowest BCUT2D eigenvalue weighted by molar-refractivity contribution is 0.598. The first-order valence-electron chi connectivity index (χ1n) is 5.25. The van der Waals surface area contributed by atoms with Crippen molar-refractivity contribution in [3.63, 3.8) is 0 Å². The molecule has 0 amide bonds. The topological polar surface area (TPSA) is 98.0 Å². The summed E-state index contributed by atoms with van der Waals surface area (Å²) in [7, 11) is -3.67. The third kappa shape index (κ3) is 3.49. The van der Waals surface area contributed by atoms with Crippen molar-refractivity contribution < 1.29 is 8.42 Å². The van der Waals surface area contributed by atoms with E-state index in [4.69, 9.17) is 5.14 Å². The predicted molar refractivity (Wildman–Crippen MR) is 75.6 cm³/mol. The molecular weight excluding hydrogens is 332 g/mol. The molecule has 2 aromatic rings. The molecule has 0 aliphatic heterocycles. The third-order valence-electron chi connectivity index (χ3n) is 2.36. The average molecular weight is 343 g/mol. The molecule has 0 radical (unpaired) electrons. The van der Waals surface area contributed by atoms with Gasteiger partial charge in [0.05, 0.1) is 15.1 Å². The van der Waals surface area contributed by atoms with Crippen molar-refractivity contribution in [2.75, 3.05) is 5.32 Å². The van der Waals surface area contributed by atoms with Crippen LogP contribution in [0.3, 0.4) is 0 Å². The summed E-state index contributed by atoms with van der Waals surface area (Å²) < 4.78 is 23.0. The van der Waals surface area contributed by atoms with Gasteiger partial charge in [-0.1, -0.05) is 0 Å². The second-order valence-corrected chi connectivity index (χ2v) is 6.24. The van der Waals surface area contributed by atoms with Gasteiger partial charge in [0, 0.05) is 11.9 Å². The Kier molecular flexibility index (Phi) is 3.83. The lowest BCUT2D eigenvalue weighted by Gasteiger charge is -2.06. The SMILES string of the molecule is Cc1nc(Nc2ccc(S(N)(=O)=O)cc2)ncc1Br. The normalized spacial score (nSPS) is 11.3. The van der Waals surface area contributed by atoms with Gasteiger partial charge in [-0.2, -0.15) is 0 Å². The number of rotatable bonds is 3. The third-order valence-corrected chi connectivity index (χ3v) is 4.07. The lowest BCUT2D eigenvalue weighted by atomic mass is 10.3. The number of anilines is 2. The first-order chi connectivity index (χ1) is 8.86. The fraction of sp³-hybridized carbons (Fsp3) is 0.0909. The van der Waals surface area contributed by atoms with Gasteiger partial charge < -0.3 is 5.32 Å². The van der Waals surface area contributed by atoms with E-state index < -0.39 is 10.0 Å². The van der Waals surface area contributed by atoms with E-state index in [2.05, 4.69) is 31.2 Å². The maximum atomic E-state index is 11.1. The van der Waals surface area contributed by atoms with Crippen LogP contribution in [0, 0.1) is 6.92 Å². The van der Waals surface area contributed by atoms with Gasteiger partial charge in [-0.05, 0) is 47.1 Å². The number of sulfonamides is 1. The summed E-state index contributed by atoms with van der Waals surface area (Å²) in [4.78, 5) is 8.38. The summed E-state index contributed by atoms with van der Waals surface area (Å²) in [5.74, 6) is 0.434. The molecule has 19 heavy (non-hydrogen) atoms. The summed E-state index contributed by atoms with van der Waals surface area (Å²) in [6.45, 7) is 1.85. The Morgan fingerprint density at radius 3 is 2.42 bits per heavy atom. The minimum Gasteiger partial charge on any atom is -0.324 e. The highest BCUT2D eigenvalue weighted by Gasteiger charge is 2.07. The van der Waals surface area contributed by atoms with E-state index in [0.717, 1.165) is 10.2 Å². The number of nitrogens with zero attached hydrogens (tertiary/aromatic N) is 2. The molecule has 1 aromatic heterocycles. The predicted octanol–water partition coefficient (Wildman–Crippen LogP) is 1.94. The Morgan fingerprint density at radius 2 is 1.89 bits per heavy atom. The second-order valence-electron chi connectivity index (χ2n) is 3.82. The van der Waals surface area contributed by atoms with Gasteiger partial charge >= 0.3 is 0 Å². The quantitative estimate of drug-likeness (QED) is 0.888. The van der Waals surface area contributed by atoms with Crippen LogP contribution in [0.5, 0.6) is 0 Å². The zero-order chi connectivity index (χ0) is 14.0. The first kappa shape index (κ1) is 13.9. The van der Waals surface area contributed by atoms with Crippen molar-refractivity contribution in [1.82, 2.24) is 9.97 Å². The molecule has 6 nitrogen and oxygen atoms in total. The molecule has 0 atom stereocenters. The molecule has 1 aromatic carbocycles. The number of primary sulfonamides is 1. The van der Waals surface area contributed by atoms with Crippen molar-refractivity contribution >= 4 is 37.6 Å². The van der Waals surface area contributed by atoms with E-state index >= 15 is 0 Å². The van der Waals surface area contributed by atoms with Crippen LogP contribution in [0.1, 0.15) is 5.69 Å². The monoisotopic (exact) mass is 342 g/mol. The Morgan fingerprint density at radius 1 is 1.26 bits per heavy atom. The van der Waals surface area contributed by atoms with Crippen LogP contribution in [0.4, 0.5) is 11.6 Å². The van der Waals surface area contributed by atoms with E-state index in [1.54, 1.807) is 18.3 Å². The minimum absolute atomic E-state index is 0.0611. The second kappa shape index (κ2) is 5.24. The van der Waals surface area contributed by atoms with Crippen molar-refractivity contribution in [3.05, 3.63) is 40.6 Å². The molecule has 0 saturated carbocycles. The van der Waals surface area contributed by atoms with Gasteiger partial charge in [-0.25, -0.2) is 23.5 Å². The highest BCUT2D eigenvalue weighted by molar-refractivity contribution is 9.10. The molecule has 3 N–H and O–H groups in total. The molecule has 0 aliphatic rings. The van der Waals surface area contributed by atoms with Gasteiger partial charge in [-0.15, -0.1) is 0 Å². The number of aromatic nitrogens is 2. The van der Waals surface area contributed by atoms with Crippen molar-refractivity contribution in [2.45, 2.75) is 11.8 Å². The van der Waals surface area contributed by atoms with Crippen LogP contribution in [-0.2, 0) is 10.0 Å². The highest BCUT2D eigenvalue weighted by atomic mass is 79.9. The number of halogens is 1. The molecule has 0 bridgehead atoms. The Hall–Kier alpha value is -1.51. The van der Waals surface area contributed by atoms with Gasteiger partial charge in [0.1, 0.15) is 0 Å². The van der Waals surface area contributed by atoms with Crippen LogP contribution in [0.15, 0.2) is 39.8 Å². The fourth-order valence-corrected chi connectivity index (χ4v) is 2.08. The van der Waals surface area contributed by atoms with E-state index in [1.165, 1.54) is 12.1 Å². The first-order valence-corrected chi connectivity index (χ1v) is 7.59. The van der Waals surface area contributed by atoms with E-state index in [-0.39, 0.29) is 4.90 Å². The molecular formula is C11H11BrN4O2S. The zero-order valence-electron chi connectivity index (χ0n) is 9.96. The van der Waals surface area contributed by atoms with Gasteiger partial charge in [0.25, 0.3) is 0 Å². The summed E-state index contributed by atoms with van der Waals surface area (Å²) in [5.41, 5.74) is 1.48. The van der Waals surface area contributed by atoms with Crippen LogP contribution in [0.2, 0.25) is 0 Å². The standard InChI is InChI=1S/C11H11BrN4O2S/c1-7-10(12)6-14-11(15-7)16-8-2-4-9(5-3-8)19(13,17)18/h2-6H,1H3,(H2,13,17,18)(H,14,15,16). The number of hydrogen-bond acceptors (Lipinski definition) is 5.